The summed E-state index contributed by atoms with van der Waals surface area (Å²) in [5.74, 6) is 0.209. The van der Waals surface area contributed by atoms with Gasteiger partial charge in [-0.05, 0) is 30.3 Å². The molecule has 0 bridgehead atoms. The molecule has 1 fully saturated rings. The van der Waals surface area contributed by atoms with Crippen molar-refractivity contribution >= 4 is 23.8 Å². The first kappa shape index (κ1) is 20.2. The van der Waals surface area contributed by atoms with Crippen LogP contribution in [0, 0.1) is 0 Å². The van der Waals surface area contributed by atoms with E-state index in [1.54, 1.807) is 0 Å². The van der Waals surface area contributed by atoms with Gasteiger partial charge in [-0.15, -0.1) is 0 Å². The van der Waals surface area contributed by atoms with Crippen LogP contribution in [-0.4, -0.2) is 19.5 Å². The van der Waals surface area contributed by atoms with Gasteiger partial charge in [0.25, 0.3) is 0 Å². The summed E-state index contributed by atoms with van der Waals surface area (Å²) in [5, 5.41) is 4.22. The Morgan fingerprint density at radius 1 is 0.741 bits per heavy atom. The maximum Gasteiger partial charge on any atom is 0.164 e. The smallest absolute Gasteiger partial charge is 0.164 e. The number of hydrogen-bond donors (Lipinski definition) is 0. The number of ether oxygens (including phenoxy) is 2. The minimum Gasteiger partial charge on any atom is -1.00 e. The number of benzene rings is 3. The van der Waals surface area contributed by atoms with Crippen molar-refractivity contribution in [3.05, 3.63) is 90.5 Å². The van der Waals surface area contributed by atoms with Gasteiger partial charge in [-0.1, -0.05) is 61.5 Å². The van der Waals surface area contributed by atoms with E-state index < -0.39 is 7.92 Å². The fourth-order valence-electron chi connectivity index (χ4n) is 3.62. The van der Waals surface area contributed by atoms with Crippen molar-refractivity contribution in [1.82, 2.24) is 0 Å². The predicted molar refractivity (Wildman–Crippen MR) is 111 cm³/mol. The molecule has 1 atom stereocenters. The summed E-state index contributed by atoms with van der Waals surface area (Å²) in [7, 11) is -1.09. The summed E-state index contributed by atoms with van der Waals surface area (Å²) in [6.45, 7) is 3.59. The second-order valence-electron chi connectivity index (χ2n) is 6.59. The van der Waals surface area contributed by atoms with Crippen molar-refractivity contribution in [1.29, 1.82) is 0 Å². The minimum atomic E-state index is -1.09. The molecule has 140 valence electrons. The lowest BCUT2D eigenvalue weighted by molar-refractivity contribution is -0.0568. The first-order chi connectivity index (χ1) is 12.8. The van der Waals surface area contributed by atoms with Crippen molar-refractivity contribution < 1.29 is 26.5 Å². The summed E-state index contributed by atoms with van der Waals surface area (Å²) >= 11 is 0. The van der Waals surface area contributed by atoms with Crippen LogP contribution in [0.5, 0.6) is 0 Å². The molecule has 0 amide bonds. The molecule has 1 heterocycles. The zero-order valence-corrected chi connectivity index (χ0v) is 17.9. The SMILES string of the molecule is CC(c1ccccc1[PH+](c1ccccc1)c1ccccc1)C1OCCO1.[Br-]. The fourth-order valence-corrected chi connectivity index (χ4v) is 6.49. The topological polar surface area (TPSA) is 18.5 Å². The third kappa shape index (κ3) is 4.50. The van der Waals surface area contributed by atoms with Crippen LogP contribution >= 0.6 is 7.92 Å². The van der Waals surface area contributed by atoms with Gasteiger partial charge in [-0.25, -0.2) is 0 Å². The van der Waals surface area contributed by atoms with Crippen molar-refractivity contribution in [2.75, 3.05) is 13.2 Å². The monoisotopic (exact) mass is 442 g/mol. The van der Waals surface area contributed by atoms with Gasteiger partial charge in [-0.2, -0.15) is 0 Å². The first-order valence-corrected chi connectivity index (χ1v) is 10.6. The highest BCUT2D eigenvalue weighted by atomic mass is 79.9. The second-order valence-corrected chi connectivity index (χ2v) is 9.04. The molecule has 1 unspecified atom stereocenters. The largest absolute Gasteiger partial charge is 1.00 e. The molecule has 2 nitrogen and oxygen atoms in total. The Labute approximate surface area is 173 Å². The summed E-state index contributed by atoms with van der Waals surface area (Å²) in [6, 6.07) is 30.5. The molecule has 27 heavy (non-hydrogen) atoms. The van der Waals surface area contributed by atoms with Crippen LogP contribution in [-0.2, 0) is 9.47 Å². The molecule has 0 spiro atoms. The maximum atomic E-state index is 5.80. The van der Waals surface area contributed by atoms with Gasteiger partial charge in [-0.3, -0.25) is 0 Å². The van der Waals surface area contributed by atoms with Crippen molar-refractivity contribution in [2.24, 2.45) is 0 Å². The minimum absolute atomic E-state index is 0. The number of halogens is 1. The molecule has 0 N–H and O–H groups in total. The Morgan fingerprint density at radius 3 is 1.78 bits per heavy atom. The average molecular weight is 443 g/mol. The zero-order valence-electron chi connectivity index (χ0n) is 15.3. The van der Waals surface area contributed by atoms with Gasteiger partial charge >= 0.3 is 0 Å². The molecule has 4 heteroatoms. The highest BCUT2D eigenvalue weighted by Crippen LogP contribution is 2.37. The maximum absolute atomic E-state index is 5.80. The summed E-state index contributed by atoms with van der Waals surface area (Å²) in [5.41, 5.74) is 1.33. The molecule has 3 aromatic carbocycles. The highest BCUT2D eigenvalue weighted by Gasteiger charge is 2.33. The quantitative estimate of drug-likeness (QED) is 0.540. The van der Waals surface area contributed by atoms with Crippen LogP contribution in [0.25, 0.3) is 0 Å². The molecular weight excluding hydrogens is 419 g/mol. The van der Waals surface area contributed by atoms with Crippen molar-refractivity contribution in [3.8, 4) is 0 Å². The number of rotatable bonds is 5. The molecule has 4 rings (SSSR count). The lowest BCUT2D eigenvalue weighted by Crippen LogP contribution is -3.00. The molecule has 0 radical (unpaired) electrons. The lowest BCUT2D eigenvalue weighted by atomic mass is 10.0. The van der Waals surface area contributed by atoms with Gasteiger partial charge in [0.2, 0.25) is 0 Å². The van der Waals surface area contributed by atoms with E-state index in [2.05, 4.69) is 91.9 Å². The van der Waals surface area contributed by atoms with E-state index in [0.29, 0.717) is 13.2 Å². The molecule has 1 saturated heterocycles. The third-order valence-electron chi connectivity index (χ3n) is 4.90. The lowest BCUT2D eigenvalue weighted by Gasteiger charge is -2.22. The molecular formula is C23H24BrO2P. The van der Waals surface area contributed by atoms with Gasteiger partial charge in [0.15, 0.2) is 6.29 Å². The van der Waals surface area contributed by atoms with E-state index in [4.69, 9.17) is 9.47 Å². The van der Waals surface area contributed by atoms with Gasteiger partial charge in [0.1, 0.15) is 15.9 Å². The van der Waals surface area contributed by atoms with Gasteiger partial charge < -0.3 is 26.5 Å². The Hall–Kier alpha value is -1.51. The van der Waals surface area contributed by atoms with Crippen LogP contribution in [0.15, 0.2) is 84.9 Å². The first-order valence-electron chi connectivity index (χ1n) is 9.15. The predicted octanol–water partition coefficient (Wildman–Crippen LogP) is 0.657. The van der Waals surface area contributed by atoms with Crippen LogP contribution in [0.4, 0.5) is 0 Å². The summed E-state index contributed by atoms with van der Waals surface area (Å²) in [6.07, 6.45) is -0.147. The number of hydrogen-bond acceptors (Lipinski definition) is 2. The van der Waals surface area contributed by atoms with Crippen LogP contribution in [0.2, 0.25) is 0 Å². The Morgan fingerprint density at radius 2 is 1.22 bits per heavy atom. The van der Waals surface area contributed by atoms with E-state index in [-0.39, 0.29) is 29.2 Å². The standard InChI is InChI=1S/C23H23O2P.BrH/c1-18(23-24-16-17-25-23)21-14-8-9-15-22(21)26(19-10-4-2-5-11-19)20-12-6-3-7-13-20;/h2-15,18,23H,16-17H2,1H3;1H. The van der Waals surface area contributed by atoms with Gasteiger partial charge in [0, 0.05) is 11.5 Å². The van der Waals surface area contributed by atoms with E-state index in [0.717, 1.165) is 0 Å². The third-order valence-corrected chi connectivity index (χ3v) is 7.72. The molecule has 1 aliphatic rings. The van der Waals surface area contributed by atoms with Crippen LogP contribution in [0.3, 0.4) is 0 Å². The van der Waals surface area contributed by atoms with Crippen molar-refractivity contribution in [2.45, 2.75) is 19.1 Å². The highest BCUT2D eigenvalue weighted by molar-refractivity contribution is 7.79. The Kier molecular flexibility index (Phi) is 7.20. The molecule has 3 aromatic rings. The summed E-state index contributed by atoms with van der Waals surface area (Å²) in [4.78, 5) is 0. The Bertz CT molecular complexity index is 796. The average Bonchev–Trinajstić information content (AvgIpc) is 3.25. The van der Waals surface area contributed by atoms with E-state index in [9.17, 15) is 0 Å². The fraction of sp³-hybridized carbons (Fsp3) is 0.217. The molecule has 1 aliphatic heterocycles. The van der Waals surface area contributed by atoms with Crippen LogP contribution in [0.1, 0.15) is 18.4 Å². The van der Waals surface area contributed by atoms with E-state index >= 15 is 0 Å². The van der Waals surface area contributed by atoms with E-state index in [1.807, 2.05) is 0 Å². The van der Waals surface area contributed by atoms with E-state index in [1.165, 1.54) is 21.5 Å². The molecule has 0 saturated carbocycles. The Balaban J connectivity index is 0.00000210. The molecule has 0 aromatic heterocycles. The van der Waals surface area contributed by atoms with Crippen molar-refractivity contribution in [3.63, 3.8) is 0 Å². The zero-order chi connectivity index (χ0) is 17.8. The molecule has 0 aliphatic carbocycles. The second kappa shape index (κ2) is 9.61. The normalized spacial score (nSPS) is 15.5. The van der Waals surface area contributed by atoms with Crippen LogP contribution < -0.4 is 32.9 Å². The van der Waals surface area contributed by atoms with Gasteiger partial charge in [0.05, 0.1) is 21.1 Å². The summed E-state index contributed by atoms with van der Waals surface area (Å²) < 4.78 is 11.6.